The highest BCUT2D eigenvalue weighted by molar-refractivity contribution is 5.69. The summed E-state index contributed by atoms with van der Waals surface area (Å²) < 4.78 is 0. The first-order chi connectivity index (χ1) is 8.04. The molecule has 0 heterocycles. The van der Waals surface area contributed by atoms with E-state index in [0.29, 0.717) is 12.6 Å². The van der Waals surface area contributed by atoms with Gasteiger partial charge in [0, 0.05) is 12.6 Å². The molecular weight excluding hydrogens is 214 g/mol. The number of hydrogen-bond acceptors (Lipinski definition) is 2. The van der Waals surface area contributed by atoms with Crippen molar-refractivity contribution in [1.29, 1.82) is 0 Å². The van der Waals surface area contributed by atoms with E-state index in [-0.39, 0.29) is 5.92 Å². The summed E-state index contributed by atoms with van der Waals surface area (Å²) in [6.07, 6.45) is 6.40. The Labute approximate surface area is 105 Å². The van der Waals surface area contributed by atoms with Crippen molar-refractivity contribution in [3.05, 3.63) is 0 Å². The van der Waals surface area contributed by atoms with Crippen LogP contribution in [-0.2, 0) is 4.79 Å². The fourth-order valence-electron chi connectivity index (χ4n) is 2.80. The van der Waals surface area contributed by atoms with Crippen LogP contribution in [0.15, 0.2) is 0 Å². The Morgan fingerprint density at radius 2 is 2.06 bits per heavy atom. The van der Waals surface area contributed by atoms with Gasteiger partial charge in [-0.05, 0) is 31.7 Å². The summed E-state index contributed by atoms with van der Waals surface area (Å²) in [4.78, 5) is 13.3. The molecule has 0 radical (unpaired) electrons. The molecule has 3 heteroatoms. The average molecular weight is 241 g/mol. The number of carbonyl (C=O) groups is 1. The van der Waals surface area contributed by atoms with Gasteiger partial charge in [0.25, 0.3) is 0 Å². The molecule has 1 aliphatic rings. The highest BCUT2D eigenvalue weighted by Crippen LogP contribution is 2.26. The molecule has 0 saturated heterocycles. The highest BCUT2D eigenvalue weighted by atomic mass is 16.4. The lowest BCUT2D eigenvalue weighted by atomic mass is 10.0. The maximum absolute atomic E-state index is 10.9. The number of nitrogens with zero attached hydrogens (tertiary/aromatic N) is 1. The molecule has 3 nitrogen and oxygen atoms in total. The smallest absolute Gasteiger partial charge is 0.307 e. The number of carboxylic acid groups (broad SMARTS) is 1. The Morgan fingerprint density at radius 1 is 1.35 bits per heavy atom. The van der Waals surface area contributed by atoms with E-state index in [1.54, 1.807) is 0 Å². The van der Waals surface area contributed by atoms with Gasteiger partial charge >= 0.3 is 5.97 Å². The summed E-state index contributed by atoms with van der Waals surface area (Å²) in [5, 5.41) is 9.00. The number of carboxylic acids is 1. The van der Waals surface area contributed by atoms with Gasteiger partial charge in [0.2, 0.25) is 0 Å². The lowest BCUT2D eigenvalue weighted by Crippen LogP contribution is -2.39. The van der Waals surface area contributed by atoms with E-state index in [0.717, 1.165) is 12.5 Å². The second-order valence-electron chi connectivity index (χ2n) is 5.59. The summed E-state index contributed by atoms with van der Waals surface area (Å²) in [5.74, 6) is -0.0864. The normalized spacial score (nSPS) is 27.8. The molecule has 3 atom stereocenters. The summed E-state index contributed by atoms with van der Waals surface area (Å²) >= 11 is 0. The van der Waals surface area contributed by atoms with Crippen LogP contribution in [0, 0.1) is 11.8 Å². The molecule has 1 aliphatic carbocycles. The standard InChI is InChI=1S/C14H27NO2/c1-4-15(10-12(3)14(16)17)13-7-5-6-11(2)8-9-13/h11-13H,4-10H2,1-3H3,(H,16,17). The lowest BCUT2D eigenvalue weighted by molar-refractivity contribution is -0.141. The van der Waals surface area contributed by atoms with E-state index in [9.17, 15) is 4.79 Å². The van der Waals surface area contributed by atoms with Crippen LogP contribution in [0.1, 0.15) is 52.9 Å². The van der Waals surface area contributed by atoms with Crippen molar-refractivity contribution in [1.82, 2.24) is 4.90 Å². The van der Waals surface area contributed by atoms with Crippen molar-refractivity contribution in [2.75, 3.05) is 13.1 Å². The van der Waals surface area contributed by atoms with Crippen molar-refractivity contribution < 1.29 is 9.90 Å². The van der Waals surface area contributed by atoms with E-state index in [2.05, 4.69) is 18.7 Å². The molecule has 3 unspecified atom stereocenters. The first-order valence-electron chi connectivity index (χ1n) is 7.01. The number of aliphatic carboxylic acids is 1. The quantitative estimate of drug-likeness (QED) is 0.752. The largest absolute Gasteiger partial charge is 0.481 e. The van der Waals surface area contributed by atoms with E-state index < -0.39 is 5.97 Å². The minimum absolute atomic E-state index is 0.254. The van der Waals surface area contributed by atoms with E-state index in [1.807, 2.05) is 6.92 Å². The first-order valence-corrected chi connectivity index (χ1v) is 7.01. The van der Waals surface area contributed by atoms with Crippen LogP contribution in [-0.4, -0.2) is 35.1 Å². The number of rotatable bonds is 5. The first kappa shape index (κ1) is 14.5. The van der Waals surface area contributed by atoms with Gasteiger partial charge in [0.15, 0.2) is 0 Å². The zero-order chi connectivity index (χ0) is 12.8. The molecule has 100 valence electrons. The maximum atomic E-state index is 10.9. The predicted molar refractivity (Wildman–Crippen MR) is 70.1 cm³/mol. The molecule has 1 saturated carbocycles. The van der Waals surface area contributed by atoms with Gasteiger partial charge < -0.3 is 5.11 Å². The van der Waals surface area contributed by atoms with Crippen LogP contribution < -0.4 is 0 Å². The number of hydrogen-bond donors (Lipinski definition) is 1. The van der Waals surface area contributed by atoms with Crippen LogP contribution in [0.2, 0.25) is 0 Å². The third-order valence-electron chi connectivity index (χ3n) is 4.08. The Hall–Kier alpha value is -0.570. The summed E-state index contributed by atoms with van der Waals surface area (Å²) in [5.41, 5.74) is 0. The lowest BCUT2D eigenvalue weighted by Gasteiger charge is -2.31. The van der Waals surface area contributed by atoms with Gasteiger partial charge in [-0.3, -0.25) is 9.69 Å². The van der Waals surface area contributed by atoms with Gasteiger partial charge in [-0.2, -0.15) is 0 Å². The van der Waals surface area contributed by atoms with Crippen LogP contribution >= 0.6 is 0 Å². The third kappa shape index (κ3) is 4.66. The van der Waals surface area contributed by atoms with E-state index in [1.165, 1.54) is 32.1 Å². The monoisotopic (exact) mass is 241 g/mol. The molecule has 0 aromatic rings. The highest BCUT2D eigenvalue weighted by Gasteiger charge is 2.24. The van der Waals surface area contributed by atoms with Crippen LogP contribution in [0.5, 0.6) is 0 Å². The fourth-order valence-corrected chi connectivity index (χ4v) is 2.80. The van der Waals surface area contributed by atoms with Gasteiger partial charge in [0.1, 0.15) is 0 Å². The molecule has 1 fully saturated rings. The average Bonchev–Trinajstić information content (AvgIpc) is 2.50. The minimum atomic E-state index is -0.676. The zero-order valence-corrected chi connectivity index (χ0v) is 11.5. The summed E-state index contributed by atoms with van der Waals surface area (Å²) in [6, 6.07) is 0.603. The van der Waals surface area contributed by atoms with Crippen LogP contribution in [0.3, 0.4) is 0 Å². The van der Waals surface area contributed by atoms with Crippen molar-refractivity contribution in [3.63, 3.8) is 0 Å². The van der Waals surface area contributed by atoms with E-state index in [4.69, 9.17) is 5.11 Å². The molecule has 0 aliphatic heterocycles. The summed E-state index contributed by atoms with van der Waals surface area (Å²) in [6.45, 7) is 7.95. The molecule has 17 heavy (non-hydrogen) atoms. The Bertz CT molecular complexity index is 242. The third-order valence-corrected chi connectivity index (χ3v) is 4.08. The topological polar surface area (TPSA) is 40.5 Å². The van der Waals surface area contributed by atoms with Crippen molar-refractivity contribution in [2.24, 2.45) is 11.8 Å². The fraction of sp³-hybridized carbons (Fsp3) is 0.929. The molecule has 0 amide bonds. The van der Waals surface area contributed by atoms with Crippen molar-refractivity contribution >= 4 is 5.97 Å². The molecule has 0 aromatic carbocycles. The zero-order valence-electron chi connectivity index (χ0n) is 11.5. The maximum Gasteiger partial charge on any atom is 0.307 e. The molecule has 1 N–H and O–H groups in total. The minimum Gasteiger partial charge on any atom is -0.481 e. The van der Waals surface area contributed by atoms with E-state index >= 15 is 0 Å². The van der Waals surface area contributed by atoms with Gasteiger partial charge in [-0.25, -0.2) is 0 Å². The molecule has 0 aromatic heterocycles. The van der Waals surface area contributed by atoms with Crippen LogP contribution in [0.4, 0.5) is 0 Å². The molecule has 0 bridgehead atoms. The second-order valence-corrected chi connectivity index (χ2v) is 5.59. The molecular formula is C14H27NO2. The van der Waals surface area contributed by atoms with Crippen molar-refractivity contribution in [2.45, 2.75) is 58.9 Å². The Kier molecular flexibility index (Phi) is 5.96. The Balaban J connectivity index is 2.51. The second kappa shape index (κ2) is 7.00. The molecule has 0 spiro atoms. The predicted octanol–water partition coefficient (Wildman–Crippen LogP) is 3.00. The van der Waals surface area contributed by atoms with Gasteiger partial charge in [0.05, 0.1) is 5.92 Å². The van der Waals surface area contributed by atoms with Crippen molar-refractivity contribution in [3.8, 4) is 0 Å². The van der Waals surface area contributed by atoms with Gasteiger partial charge in [-0.1, -0.05) is 33.6 Å². The SMILES string of the molecule is CCN(CC(C)C(=O)O)C1CCCC(C)CC1. The van der Waals surface area contributed by atoms with Gasteiger partial charge in [-0.15, -0.1) is 0 Å². The van der Waals surface area contributed by atoms with Crippen LogP contribution in [0.25, 0.3) is 0 Å². The summed E-state index contributed by atoms with van der Waals surface area (Å²) in [7, 11) is 0. The Morgan fingerprint density at radius 3 is 2.65 bits per heavy atom. The molecule has 1 rings (SSSR count).